The summed E-state index contributed by atoms with van der Waals surface area (Å²) in [5.74, 6) is -1.78. The minimum atomic E-state index is -4.34. The monoisotopic (exact) mass is 488 g/mol. The number of rotatable bonds is 11. The molecule has 11 nitrogen and oxygen atoms in total. The lowest BCUT2D eigenvalue weighted by Crippen LogP contribution is -2.37. The van der Waals surface area contributed by atoms with Gasteiger partial charge in [0, 0.05) is 24.1 Å². The number of aromatic nitrogens is 2. The molecule has 0 bridgehead atoms. The van der Waals surface area contributed by atoms with E-state index in [9.17, 15) is 22.8 Å². The number of carbonyl (C=O) groups is 3. The maximum absolute atomic E-state index is 13.0. The Labute approximate surface area is 195 Å². The van der Waals surface area contributed by atoms with Gasteiger partial charge in [0.05, 0.1) is 30.7 Å². The molecular formula is C22H24N4O7S. The third-order valence-corrected chi connectivity index (χ3v) is 6.26. The van der Waals surface area contributed by atoms with E-state index in [0.29, 0.717) is 12.2 Å². The zero-order chi connectivity index (χ0) is 24.9. The van der Waals surface area contributed by atoms with Gasteiger partial charge in [0.25, 0.3) is 0 Å². The number of hydrogen-bond donors (Lipinski definition) is 3. The molecule has 2 aromatic carbocycles. The van der Waals surface area contributed by atoms with Crippen LogP contribution in [0.5, 0.6) is 5.75 Å². The van der Waals surface area contributed by atoms with Crippen molar-refractivity contribution in [3.05, 3.63) is 48.7 Å². The maximum atomic E-state index is 13.0. The Morgan fingerprint density at radius 3 is 2.65 bits per heavy atom. The smallest absolute Gasteiger partial charge is 0.305 e. The first-order valence-electron chi connectivity index (χ1n) is 10.3. The molecule has 1 amide bonds. The van der Waals surface area contributed by atoms with Crippen molar-refractivity contribution in [2.45, 2.75) is 43.9 Å². The summed E-state index contributed by atoms with van der Waals surface area (Å²) in [6.45, 7) is 3.32. The number of aldehydes is 1. The summed E-state index contributed by atoms with van der Waals surface area (Å²) in [5, 5.41) is 16.7. The molecule has 3 aromatic rings. The molecule has 0 spiro atoms. The van der Waals surface area contributed by atoms with Gasteiger partial charge >= 0.3 is 5.97 Å². The Hall–Kier alpha value is -3.77. The summed E-state index contributed by atoms with van der Waals surface area (Å²) in [7, 11) is -4.34. The standard InChI is InChI=1S/C22H24N4O7S/c1-14(12-26-19-6-4-3-5-16(19)11-23-26)33-20-9-17(24-15(2)28)7-8-21(20)34(31,32)25-18(13-27)10-22(29)30/h3-9,11,13-14,18,25H,10,12H2,1-2H3,(H,24,28)(H,29,30)/t14-,18-/m1/s1. The lowest BCUT2D eigenvalue weighted by atomic mass is 10.2. The van der Waals surface area contributed by atoms with E-state index in [1.807, 2.05) is 24.3 Å². The molecule has 1 heterocycles. The highest BCUT2D eigenvalue weighted by Crippen LogP contribution is 2.29. The van der Waals surface area contributed by atoms with E-state index in [2.05, 4.69) is 15.1 Å². The molecule has 3 rings (SSSR count). The van der Waals surface area contributed by atoms with Crippen LogP contribution in [0.25, 0.3) is 10.9 Å². The lowest BCUT2D eigenvalue weighted by Gasteiger charge is -2.20. The van der Waals surface area contributed by atoms with Crippen molar-refractivity contribution in [3.63, 3.8) is 0 Å². The van der Waals surface area contributed by atoms with Crippen molar-refractivity contribution in [3.8, 4) is 5.75 Å². The zero-order valence-corrected chi connectivity index (χ0v) is 19.3. The van der Waals surface area contributed by atoms with Gasteiger partial charge in [-0.1, -0.05) is 18.2 Å². The van der Waals surface area contributed by atoms with Crippen LogP contribution < -0.4 is 14.8 Å². The van der Waals surface area contributed by atoms with Crippen LogP contribution in [0.4, 0.5) is 5.69 Å². The van der Waals surface area contributed by atoms with E-state index in [0.717, 1.165) is 10.9 Å². The number of fused-ring (bicyclic) bond motifs is 1. The van der Waals surface area contributed by atoms with Crippen LogP contribution in [0.1, 0.15) is 20.3 Å². The van der Waals surface area contributed by atoms with Crippen LogP contribution in [0, 0.1) is 0 Å². The Bertz CT molecular complexity index is 1320. The third kappa shape index (κ3) is 6.17. The summed E-state index contributed by atoms with van der Waals surface area (Å²) in [5.41, 5.74) is 1.18. The largest absolute Gasteiger partial charge is 0.487 e. The number of nitrogens with one attached hydrogen (secondary N) is 2. The van der Waals surface area contributed by atoms with E-state index in [4.69, 9.17) is 9.84 Å². The second-order valence-electron chi connectivity index (χ2n) is 7.62. The number of carboxylic acids is 1. The molecule has 0 saturated carbocycles. The number of aliphatic carboxylic acids is 1. The number of para-hydroxylation sites is 1. The zero-order valence-electron chi connectivity index (χ0n) is 18.5. The molecule has 0 unspecified atom stereocenters. The summed E-state index contributed by atoms with van der Waals surface area (Å²) in [6, 6.07) is 10.0. The predicted molar refractivity (Wildman–Crippen MR) is 123 cm³/mol. The molecule has 0 saturated heterocycles. The van der Waals surface area contributed by atoms with Crippen LogP contribution in [0.3, 0.4) is 0 Å². The van der Waals surface area contributed by atoms with Gasteiger partial charge in [-0.05, 0) is 25.1 Å². The second kappa shape index (κ2) is 10.4. The average Bonchev–Trinajstić information content (AvgIpc) is 3.15. The highest BCUT2D eigenvalue weighted by molar-refractivity contribution is 7.89. The highest BCUT2D eigenvalue weighted by Gasteiger charge is 2.26. The number of benzene rings is 2. The first kappa shape index (κ1) is 24.9. The van der Waals surface area contributed by atoms with Crippen molar-refractivity contribution >= 4 is 44.8 Å². The van der Waals surface area contributed by atoms with Crippen LogP contribution in [-0.4, -0.2) is 53.6 Å². The fraction of sp³-hybridized carbons (Fsp3) is 0.273. The summed E-state index contributed by atoms with van der Waals surface area (Å²) in [4.78, 5) is 33.3. The molecule has 0 radical (unpaired) electrons. The molecule has 12 heteroatoms. The average molecular weight is 489 g/mol. The fourth-order valence-electron chi connectivity index (χ4n) is 3.34. The molecule has 0 fully saturated rings. The first-order valence-corrected chi connectivity index (χ1v) is 11.8. The topological polar surface area (TPSA) is 157 Å². The normalized spacial score (nSPS) is 13.2. The van der Waals surface area contributed by atoms with E-state index in [-0.39, 0.29) is 22.8 Å². The molecule has 2 atom stereocenters. The summed E-state index contributed by atoms with van der Waals surface area (Å²) in [6.07, 6.45) is 0.654. The van der Waals surface area contributed by atoms with Crippen molar-refractivity contribution in [2.75, 3.05) is 5.32 Å². The van der Waals surface area contributed by atoms with Crippen molar-refractivity contribution in [1.29, 1.82) is 0 Å². The van der Waals surface area contributed by atoms with E-state index in [1.165, 1.54) is 25.1 Å². The van der Waals surface area contributed by atoms with Gasteiger partial charge in [0.1, 0.15) is 23.0 Å². The number of anilines is 1. The van der Waals surface area contributed by atoms with Gasteiger partial charge in [-0.25, -0.2) is 13.1 Å². The number of carbonyl (C=O) groups excluding carboxylic acids is 2. The molecule has 1 aromatic heterocycles. The van der Waals surface area contributed by atoms with Gasteiger partial charge in [0.15, 0.2) is 0 Å². The third-order valence-electron chi connectivity index (χ3n) is 4.73. The van der Waals surface area contributed by atoms with Crippen LogP contribution in [0.2, 0.25) is 0 Å². The number of ether oxygens (including phenoxy) is 1. The SMILES string of the molecule is CC(=O)Nc1ccc(S(=O)(=O)N[C@@H](C=O)CC(=O)O)c(O[C@H](C)Cn2ncc3ccccc32)c1. The number of nitrogens with zero attached hydrogens (tertiary/aromatic N) is 2. The molecule has 180 valence electrons. The summed E-state index contributed by atoms with van der Waals surface area (Å²) >= 11 is 0. The van der Waals surface area contributed by atoms with Crippen LogP contribution in [-0.2, 0) is 31.0 Å². The molecule has 0 aliphatic heterocycles. The molecule has 34 heavy (non-hydrogen) atoms. The van der Waals surface area contributed by atoms with E-state index < -0.39 is 34.6 Å². The number of amides is 1. The minimum Gasteiger partial charge on any atom is -0.487 e. The van der Waals surface area contributed by atoms with Crippen LogP contribution in [0.15, 0.2) is 53.6 Å². The minimum absolute atomic E-state index is 0.0808. The fourth-order valence-corrected chi connectivity index (χ4v) is 4.62. The summed E-state index contributed by atoms with van der Waals surface area (Å²) < 4.78 is 35.7. The Morgan fingerprint density at radius 1 is 1.24 bits per heavy atom. The van der Waals surface area contributed by atoms with Gasteiger partial charge in [-0.2, -0.15) is 5.10 Å². The van der Waals surface area contributed by atoms with Gasteiger partial charge in [0.2, 0.25) is 15.9 Å². The van der Waals surface area contributed by atoms with E-state index in [1.54, 1.807) is 17.8 Å². The highest BCUT2D eigenvalue weighted by atomic mass is 32.2. The van der Waals surface area contributed by atoms with Crippen molar-refractivity contribution in [1.82, 2.24) is 14.5 Å². The molecule has 3 N–H and O–H groups in total. The first-order chi connectivity index (χ1) is 16.1. The van der Waals surface area contributed by atoms with Gasteiger partial charge < -0.3 is 20.0 Å². The van der Waals surface area contributed by atoms with Gasteiger partial charge in [-0.15, -0.1) is 0 Å². The number of hydrogen-bond acceptors (Lipinski definition) is 7. The van der Waals surface area contributed by atoms with Crippen molar-refractivity contribution < 1.29 is 32.6 Å². The molecule has 0 aliphatic carbocycles. The Balaban J connectivity index is 1.90. The van der Waals surface area contributed by atoms with Crippen LogP contribution >= 0.6 is 0 Å². The quantitative estimate of drug-likeness (QED) is 0.345. The molecular weight excluding hydrogens is 464 g/mol. The molecule has 0 aliphatic rings. The van der Waals surface area contributed by atoms with Gasteiger partial charge in [-0.3, -0.25) is 14.3 Å². The maximum Gasteiger partial charge on any atom is 0.305 e. The predicted octanol–water partition coefficient (Wildman–Crippen LogP) is 1.78. The number of carboxylic acid groups (broad SMARTS) is 1. The van der Waals surface area contributed by atoms with Crippen molar-refractivity contribution in [2.24, 2.45) is 0 Å². The number of sulfonamides is 1. The second-order valence-corrected chi connectivity index (χ2v) is 9.30. The Kier molecular flexibility index (Phi) is 7.64. The lowest BCUT2D eigenvalue weighted by molar-refractivity contribution is -0.138. The van der Waals surface area contributed by atoms with E-state index >= 15 is 0 Å². The Morgan fingerprint density at radius 2 is 1.97 bits per heavy atom.